The van der Waals surface area contributed by atoms with E-state index in [1.165, 1.54) is 17.6 Å². The first kappa shape index (κ1) is 58.1. The van der Waals surface area contributed by atoms with E-state index >= 15 is 0 Å². The van der Waals surface area contributed by atoms with E-state index in [4.69, 9.17) is 71.2 Å². The lowest BCUT2D eigenvalue weighted by Gasteiger charge is -2.35. The third kappa shape index (κ3) is 15.0. The minimum Gasteiger partial charge on any atom is -0.489 e. The first-order chi connectivity index (χ1) is 33.6. The lowest BCUT2D eigenvalue weighted by Crippen LogP contribution is -2.47. The molecule has 3 aliphatic heterocycles. The summed E-state index contributed by atoms with van der Waals surface area (Å²) in [6.07, 6.45) is 8.88. The molecule has 0 saturated heterocycles. The van der Waals surface area contributed by atoms with E-state index < -0.39 is 41.8 Å². The van der Waals surface area contributed by atoms with E-state index in [0.29, 0.717) is 43.0 Å². The molecule has 3 atom stereocenters. The highest BCUT2D eigenvalue weighted by Crippen LogP contribution is 2.42. The van der Waals surface area contributed by atoms with E-state index in [9.17, 15) is 37.7 Å². The Labute approximate surface area is 427 Å². The number of carboxylic acid groups (broad SMARTS) is 1. The molecule has 0 saturated carbocycles. The predicted molar refractivity (Wildman–Crippen MR) is 272 cm³/mol. The highest BCUT2D eigenvalue weighted by Gasteiger charge is 2.42. The minimum absolute atomic E-state index is 0.0170. The number of alkyl halides is 3. The maximum atomic E-state index is 14.7. The first-order valence-corrected chi connectivity index (χ1v) is 26.3. The van der Waals surface area contributed by atoms with Crippen molar-refractivity contribution in [2.45, 2.75) is 83.1 Å². The number of aliphatic carboxylic acids is 1. The first-order valence-electron chi connectivity index (χ1n) is 22.6. The molecule has 3 aromatic rings. The highest BCUT2D eigenvalue weighted by atomic mass is 35.5. The van der Waals surface area contributed by atoms with Gasteiger partial charge in [0, 0.05) is 36.6 Å². The number of amides is 5. The van der Waals surface area contributed by atoms with Crippen molar-refractivity contribution < 1.29 is 61.9 Å². The molecule has 22 heteroatoms. The van der Waals surface area contributed by atoms with Crippen molar-refractivity contribution in [3.8, 4) is 23.8 Å². The summed E-state index contributed by atoms with van der Waals surface area (Å²) < 4.78 is 41.5. The van der Waals surface area contributed by atoms with Crippen LogP contribution in [0.1, 0.15) is 64.0 Å². The van der Waals surface area contributed by atoms with Crippen molar-refractivity contribution in [1.82, 2.24) is 0 Å². The van der Waals surface area contributed by atoms with Gasteiger partial charge >= 0.3 is 5.97 Å². The summed E-state index contributed by atoms with van der Waals surface area (Å²) in [6, 6.07) is 14.6. The number of fused-ring (bicyclic) bond motifs is 2. The second-order valence-electron chi connectivity index (χ2n) is 16.5. The molecular formula is C49H58Cl3FN5O12P. The second-order valence-corrected chi connectivity index (χ2v) is 20.4. The van der Waals surface area contributed by atoms with Gasteiger partial charge in [-0.3, -0.25) is 43.1 Å². The van der Waals surface area contributed by atoms with Crippen molar-refractivity contribution in [1.29, 1.82) is 0 Å². The Morgan fingerprint density at radius 1 is 1.00 bits per heavy atom. The molecule has 0 radical (unpaired) electrons. The van der Waals surface area contributed by atoms with Crippen LogP contribution >= 0.6 is 42.2 Å². The van der Waals surface area contributed by atoms with Gasteiger partial charge in [-0.15, -0.1) is 18.0 Å². The molecule has 0 bridgehead atoms. The zero-order valence-electron chi connectivity index (χ0n) is 40.0. The quantitative estimate of drug-likeness (QED) is 0.0501. The Kier molecular flexibility index (Phi) is 21.9. The molecule has 5 amide bonds. The minimum atomic E-state index is -3.10. The maximum Gasteiger partial charge on any atom is 0.320 e. The molecule has 4 aliphatic rings. The van der Waals surface area contributed by atoms with E-state index in [1.807, 2.05) is 63.2 Å². The summed E-state index contributed by atoms with van der Waals surface area (Å²) in [7, 11) is -3.10. The molecule has 71 heavy (non-hydrogen) atoms. The van der Waals surface area contributed by atoms with Gasteiger partial charge in [-0.25, -0.2) is 9.29 Å². The Balaban J connectivity index is 0.000000216. The number of nitrogens with two attached hydrogens (primary N) is 1. The van der Waals surface area contributed by atoms with Gasteiger partial charge < -0.3 is 34.8 Å². The van der Waals surface area contributed by atoms with E-state index in [2.05, 4.69) is 12.8 Å². The standard InChI is InChI=1S/C19H15FN2O4.C14H20ClNO2.C11H11Cl2NO2.C5H12NO4P/c1-2-7-21-15-9-14(13(20)8-16(15)26-10-17(21)23)22-18(24)11-5-3-4-6-12(11)19(22)25;1-4-12-8-6-7-11(3)14(12)16(10-18-5-2)13(17)9-15;1-7-6-16-9-5-3-2-4-8(9)14(7)11(15)10(12)13;1-11(9,10)3-2-4(6)5(7)8/h1,8-9H,3-7,10H2;6-8H,4-5,9-10H2,1-3H3;2-5,7,10H,6H2,1H3;4H,2-3,6H2,1H3,(H,7,8)(H,9,10). The van der Waals surface area contributed by atoms with Crippen LogP contribution in [0.4, 0.5) is 27.1 Å². The number of hydrogen-bond acceptors (Lipinski definition) is 11. The topological polar surface area (TPSA) is 227 Å². The van der Waals surface area contributed by atoms with Crippen LogP contribution < -0.4 is 34.8 Å². The molecule has 7 rings (SSSR count). The molecule has 1 aliphatic carbocycles. The van der Waals surface area contributed by atoms with Crippen LogP contribution in [0.3, 0.4) is 0 Å². The number of imide groups is 1. The van der Waals surface area contributed by atoms with Gasteiger partial charge in [-0.1, -0.05) is 66.4 Å². The number of halogens is 4. The Hall–Kier alpha value is -5.51. The van der Waals surface area contributed by atoms with E-state index in [-0.39, 0.29) is 79.2 Å². The van der Waals surface area contributed by atoms with Crippen LogP contribution in [-0.4, -0.2) is 114 Å². The monoisotopic (exact) mass is 1060 g/mol. The van der Waals surface area contributed by atoms with Crippen molar-refractivity contribution in [3.05, 3.63) is 82.7 Å². The molecule has 3 unspecified atom stereocenters. The number of aryl methyl sites for hydroxylation is 2. The Morgan fingerprint density at radius 2 is 1.65 bits per heavy atom. The van der Waals surface area contributed by atoms with Gasteiger partial charge in [0.1, 0.15) is 36.8 Å². The zero-order chi connectivity index (χ0) is 52.7. The fraction of sp³-hybridized carbons (Fsp3) is 0.429. The van der Waals surface area contributed by atoms with Crippen molar-refractivity contribution >= 4 is 100 Å². The molecule has 0 spiro atoms. The smallest absolute Gasteiger partial charge is 0.320 e. The van der Waals surface area contributed by atoms with Crippen LogP contribution in [0.25, 0.3) is 0 Å². The maximum absolute atomic E-state index is 14.7. The van der Waals surface area contributed by atoms with E-state index in [1.54, 1.807) is 9.80 Å². The average Bonchev–Trinajstić information content (AvgIpc) is 3.59. The molecule has 4 N–H and O–H groups in total. The van der Waals surface area contributed by atoms with Crippen molar-refractivity contribution in [2.75, 3.05) is 71.4 Å². The largest absolute Gasteiger partial charge is 0.489 e. The molecular weight excluding hydrogens is 1010 g/mol. The third-order valence-corrected chi connectivity index (χ3v) is 13.0. The molecule has 384 valence electrons. The number of benzene rings is 3. The third-order valence-electron chi connectivity index (χ3n) is 11.3. The predicted octanol–water partition coefficient (Wildman–Crippen LogP) is 7.34. The highest BCUT2D eigenvalue weighted by molar-refractivity contribution is 7.57. The van der Waals surface area contributed by atoms with Crippen LogP contribution in [0.15, 0.2) is 65.7 Å². The summed E-state index contributed by atoms with van der Waals surface area (Å²) in [5.74, 6) is -0.532. The zero-order valence-corrected chi connectivity index (χ0v) is 43.2. The number of terminal acetylenes is 1. The number of carbonyl (C=O) groups is 6. The normalized spacial score (nSPS) is 17.0. The summed E-state index contributed by atoms with van der Waals surface area (Å²) in [5, 5.41) is 8.28. The van der Waals surface area contributed by atoms with Gasteiger partial charge in [-0.2, -0.15) is 0 Å². The Morgan fingerprint density at radius 3 is 2.21 bits per heavy atom. The lowest BCUT2D eigenvalue weighted by atomic mass is 9.93. The molecule has 17 nitrogen and oxygen atoms in total. The van der Waals surface area contributed by atoms with Crippen LogP contribution in [-0.2, 0) is 44.5 Å². The van der Waals surface area contributed by atoms with Crippen LogP contribution in [0.5, 0.6) is 11.5 Å². The SMILES string of the molecule is C#CCN1C(=O)COc2cc(F)c(N3C(=O)C4=C(CCCC4)C3=O)cc21.CC1COc2ccccc2N1C(=O)C(Cl)Cl.CCOCN(C(=O)CCl)c1c(C)cccc1CC.CP(=O)(O)CCC(N)C(=O)O. The molecule has 3 aromatic carbocycles. The molecule has 0 fully saturated rings. The number of anilines is 4. The van der Waals surface area contributed by atoms with Gasteiger partial charge in [0.15, 0.2) is 24.6 Å². The fourth-order valence-corrected chi connectivity index (χ4v) is 8.87. The Bertz CT molecular complexity index is 2560. The van der Waals surface area contributed by atoms with Crippen LogP contribution in [0, 0.1) is 25.1 Å². The number of nitrogens with zero attached hydrogens (tertiary/aromatic N) is 4. The van der Waals surface area contributed by atoms with Crippen molar-refractivity contribution in [3.63, 3.8) is 0 Å². The van der Waals surface area contributed by atoms with Crippen LogP contribution in [0.2, 0.25) is 0 Å². The number of para-hydroxylation sites is 3. The van der Waals surface area contributed by atoms with Gasteiger partial charge in [0.25, 0.3) is 23.6 Å². The number of ether oxygens (including phenoxy) is 3. The number of rotatable bonds is 13. The molecule has 0 aromatic heterocycles. The average molecular weight is 1070 g/mol. The number of carboxylic acids is 1. The number of carbonyl (C=O) groups excluding carboxylic acids is 5. The van der Waals surface area contributed by atoms with Gasteiger partial charge in [0.05, 0.1) is 35.3 Å². The lowest BCUT2D eigenvalue weighted by molar-refractivity contribution is -0.138. The fourth-order valence-electron chi connectivity index (χ4n) is 7.76. The molecule has 3 heterocycles. The summed E-state index contributed by atoms with van der Waals surface area (Å²) in [5.41, 5.74) is 9.93. The summed E-state index contributed by atoms with van der Waals surface area (Å²) in [4.78, 5) is 84.4. The summed E-state index contributed by atoms with van der Waals surface area (Å²) in [6.45, 7) is 10.1. The van der Waals surface area contributed by atoms with Gasteiger partial charge in [-0.05, 0) is 88.6 Å². The number of hydrogen-bond donors (Lipinski definition) is 3. The second kappa shape index (κ2) is 26.8. The summed E-state index contributed by atoms with van der Waals surface area (Å²) >= 11 is 16.9. The van der Waals surface area contributed by atoms with Crippen molar-refractivity contribution in [2.24, 2.45) is 5.73 Å². The van der Waals surface area contributed by atoms with E-state index in [0.717, 1.165) is 52.7 Å². The van der Waals surface area contributed by atoms with Gasteiger partial charge in [0.2, 0.25) is 5.91 Å².